The van der Waals surface area contributed by atoms with E-state index in [2.05, 4.69) is 5.32 Å². The molecule has 0 bridgehead atoms. The molecule has 0 aliphatic rings. The minimum atomic E-state index is -0.620. The first-order chi connectivity index (χ1) is 11.0. The second-order valence-corrected chi connectivity index (χ2v) is 5.42. The van der Waals surface area contributed by atoms with E-state index in [1.54, 1.807) is 24.3 Å². The molecule has 0 unspecified atom stereocenters. The van der Waals surface area contributed by atoms with Crippen molar-refractivity contribution in [3.63, 3.8) is 0 Å². The Morgan fingerprint density at radius 2 is 1.83 bits per heavy atom. The third kappa shape index (κ3) is 5.23. The van der Waals surface area contributed by atoms with Gasteiger partial charge in [-0.05, 0) is 29.8 Å². The molecule has 2 rings (SSSR count). The van der Waals surface area contributed by atoms with Gasteiger partial charge in [-0.15, -0.1) is 0 Å². The fourth-order valence-electron chi connectivity index (χ4n) is 1.77. The number of benzene rings is 2. The predicted molar refractivity (Wildman–Crippen MR) is 86.2 cm³/mol. The topological polar surface area (TPSA) is 55.4 Å². The number of rotatable bonds is 5. The Morgan fingerprint density at radius 3 is 2.57 bits per heavy atom. The molecular weight excluding hydrogens is 344 g/mol. The van der Waals surface area contributed by atoms with Crippen LogP contribution in [0.1, 0.15) is 5.56 Å². The van der Waals surface area contributed by atoms with Crippen LogP contribution in [0.25, 0.3) is 0 Å². The van der Waals surface area contributed by atoms with Gasteiger partial charge in [-0.1, -0.05) is 41.4 Å². The van der Waals surface area contributed by atoms with E-state index in [0.29, 0.717) is 10.6 Å². The monoisotopic (exact) mass is 355 g/mol. The molecular formula is C16H12Cl2FNO3. The van der Waals surface area contributed by atoms with E-state index in [0.717, 1.165) is 6.07 Å². The van der Waals surface area contributed by atoms with Crippen LogP contribution in [0, 0.1) is 5.82 Å². The number of hydrogen-bond donors (Lipinski definition) is 1. The average molecular weight is 356 g/mol. The Bertz CT molecular complexity index is 737. The van der Waals surface area contributed by atoms with E-state index in [-0.39, 0.29) is 17.1 Å². The van der Waals surface area contributed by atoms with Crippen molar-refractivity contribution in [1.29, 1.82) is 0 Å². The zero-order valence-electron chi connectivity index (χ0n) is 11.8. The number of halogens is 3. The Kier molecular flexibility index (Phi) is 5.96. The third-order valence-electron chi connectivity index (χ3n) is 2.86. The highest BCUT2D eigenvalue weighted by Crippen LogP contribution is 2.22. The van der Waals surface area contributed by atoms with Gasteiger partial charge in [0.2, 0.25) is 0 Å². The van der Waals surface area contributed by atoms with E-state index in [4.69, 9.17) is 27.9 Å². The van der Waals surface area contributed by atoms with Crippen molar-refractivity contribution in [2.45, 2.75) is 6.42 Å². The molecule has 2 aromatic rings. The summed E-state index contributed by atoms with van der Waals surface area (Å²) < 4.78 is 17.9. The average Bonchev–Trinajstić information content (AvgIpc) is 2.51. The van der Waals surface area contributed by atoms with Gasteiger partial charge in [-0.25, -0.2) is 4.39 Å². The second-order valence-electron chi connectivity index (χ2n) is 4.60. The molecule has 0 radical (unpaired) electrons. The number of esters is 1. The molecule has 0 aromatic heterocycles. The molecule has 1 amide bonds. The van der Waals surface area contributed by atoms with Gasteiger partial charge in [0.25, 0.3) is 5.91 Å². The Morgan fingerprint density at radius 1 is 1.09 bits per heavy atom. The third-order valence-corrected chi connectivity index (χ3v) is 3.56. The number of anilines is 1. The summed E-state index contributed by atoms with van der Waals surface area (Å²) in [6.07, 6.45) is -0.0479. The van der Waals surface area contributed by atoms with Crippen LogP contribution in [0.15, 0.2) is 42.5 Å². The largest absolute Gasteiger partial charge is 0.455 e. The number of hydrogen-bond acceptors (Lipinski definition) is 3. The lowest BCUT2D eigenvalue weighted by Gasteiger charge is -2.08. The van der Waals surface area contributed by atoms with Crippen molar-refractivity contribution in [2.75, 3.05) is 11.9 Å². The van der Waals surface area contributed by atoms with E-state index in [1.807, 2.05) is 0 Å². The van der Waals surface area contributed by atoms with Crippen LogP contribution in [-0.4, -0.2) is 18.5 Å². The molecule has 0 fully saturated rings. The molecule has 0 aliphatic carbocycles. The van der Waals surface area contributed by atoms with Gasteiger partial charge in [-0.3, -0.25) is 9.59 Å². The second kappa shape index (κ2) is 7.94. The molecule has 0 saturated heterocycles. The van der Waals surface area contributed by atoms with Crippen molar-refractivity contribution in [3.8, 4) is 0 Å². The summed E-state index contributed by atoms with van der Waals surface area (Å²) in [6.45, 7) is -0.504. The molecule has 1 N–H and O–H groups in total. The lowest BCUT2D eigenvalue weighted by Crippen LogP contribution is -2.22. The van der Waals surface area contributed by atoms with Crippen molar-refractivity contribution in [3.05, 3.63) is 63.9 Å². The summed E-state index contributed by atoms with van der Waals surface area (Å²) in [5, 5.41) is 2.99. The molecule has 7 heteroatoms. The molecule has 23 heavy (non-hydrogen) atoms. The van der Waals surface area contributed by atoms with E-state index in [9.17, 15) is 14.0 Å². The highest BCUT2D eigenvalue weighted by Gasteiger charge is 2.12. The lowest BCUT2D eigenvalue weighted by molar-refractivity contribution is -0.146. The zero-order valence-corrected chi connectivity index (χ0v) is 13.3. The maximum atomic E-state index is 13.1. The van der Waals surface area contributed by atoms with Gasteiger partial charge in [-0.2, -0.15) is 0 Å². The SMILES string of the molecule is O=C(COC(=O)Cc1ccccc1Cl)Nc1cc(F)ccc1Cl. The summed E-state index contributed by atoms with van der Waals surface area (Å²) in [5.41, 5.74) is 0.714. The summed E-state index contributed by atoms with van der Waals surface area (Å²) >= 11 is 11.8. The molecule has 0 saturated carbocycles. The standard InChI is InChI=1S/C16H12Cl2FNO3/c17-12-4-2-1-3-10(12)7-16(22)23-9-15(21)20-14-8-11(19)5-6-13(14)18/h1-6,8H,7,9H2,(H,20,21). The summed E-state index contributed by atoms with van der Waals surface area (Å²) in [4.78, 5) is 23.4. The lowest BCUT2D eigenvalue weighted by atomic mass is 10.1. The molecule has 0 heterocycles. The first-order valence-corrected chi connectivity index (χ1v) is 7.35. The number of carbonyl (C=O) groups is 2. The summed E-state index contributed by atoms with van der Waals surface area (Å²) in [5.74, 6) is -1.76. The minimum absolute atomic E-state index is 0.0479. The van der Waals surface area contributed by atoms with Crippen molar-refractivity contribution in [1.82, 2.24) is 0 Å². The van der Waals surface area contributed by atoms with Crippen LogP contribution >= 0.6 is 23.2 Å². The van der Waals surface area contributed by atoms with E-state index in [1.165, 1.54) is 12.1 Å². The molecule has 0 spiro atoms. The highest BCUT2D eigenvalue weighted by atomic mass is 35.5. The van der Waals surface area contributed by atoms with Crippen LogP contribution < -0.4 is 5.32 Å². The maximum Gasteiger partial charge on any atom is 0.310 e. The summed E-state index contributed by atoms with van der Waals surface area (Å²) in [7, 11) is 0. The molecule has 0 atom stereocenters. The van der Waals surface area contributed by atoms with E-state index >= 15 is 0 Å². The Labute approximate surface area is 142 Å². The van der Waals surface area contributed by atoms with Crippen LogP contribution in [0.3, 0.4) is 0 Å². The van der Waals surface area contributed by atoms with Crippen LogP contribution in [0.4, 0.5) is 10.1 Å². The summed E-state index contributed by atoms with van der Waals surface area (Å²) in [6, 6.07) is 10.4. The Balaban J connectivity index is 1.85. The van der Waals surface area contributed by atoms with Gasteiger partial charge in [0.15, 0.2) is 6.61 Å². The quantitative estimate of drug-likeness (QED) is 0.828. The number of amides is 1. The maximum absolute atomic E-state index is 13.1. The van der Waals surface area contributed by atoms with Gasteiger partial charge < -0.3 is 10.1 Å². The van der Waals surface area contributed by atoms with Gasteiger partial charge >= 0.3 is 5.97 Å². The fraction of sp³-hybridized carbons (Fsp3) is 0.125. The fourth-order valence-corrected chi connectivity index (χ4v) is 2.14. The van der Waals surface area contributed by atoms with Crippen LogP contribution in [0.2, 0.25) is 10.0 Å². The number of nitrogens with one attached hydrogen (secondary N) is 1. The number of ether oxygens (including phenoxy) is 1. The van der Waals surface area contributed by atoms with Crippen molar-refractivity contribution >= 4 is 40.8 Å². The zero-order chi connectivity index (χ0) is 16.8. The van der Waals surface area contributed by atoms with Gasteiger partial charge in [0, 0.05) is 5.02 Å². The molecule has 4 nitrogen and oxygen atoms in total. The van der Waals surface area contributed by atoms with E-state index < -0.39 is 24.3 Å². The smallest absolute Gasteiger partial charge is 0.310 e. The van der Waals surface area contributed by atoms with Gasteiger partial charge in [0.05, 0.1) is 17.1 Å². The van der Waals surface area contributed by atoms with Crippen LogP contribution in [-0.2, 0) is 20.7 Å². The molecule has 120 valence electrons. The highest BCUT2D eigenvalue weighted by molar-refractivity contribution is 6.33. The Hall–Kier alpha value is -2.11. The minimum Gasteiger partial charge on any atom is -0.455 e. The molecule has 0 aliphatic heterocycles. The molecule has 2 aromatic carbocycles. The van der Waals surface area contributed by atoms with Crippen LogP contribution in [0.5, 0.6) is 0 Å². The van der Waals surface area contributed by atoms with Gasteiger partial charge in [0.1, 0.15) is 5.82 Å². The normalized spacial score (nSPS) is 10.2. The van der Waals surface area contributed by atoms with Crippen molar-refractivity contribution < 1.29 is 18.7 Å². The predicted octanol–water partition coefficient (Wildman–Crippen LogP) is 3.86. The first-order valence-electron chi connectivity index (χ1n) is 6.59. The van der Waals surface area contributed by atoms with Crippen molar-refractivity contribution in [2.24, 2.45) is 0 Å². The number of carbonyl (C=O) groups excluding carboxylic acids is 2. The first kappa shape index (κ1) is 17.2.